The van der Waals surface area contributed by atoms with Gasteiger partial charge in [-0.25, -0.2) is 9.97 Å². The van der Waals surface area contributed by atoms with Crippen LogP contribution in [-0.2, 0) is 13.6 Å². The maximum absolute atomic E-state index is 10.2. The number of benzene rings is 1. The SMILES string of the molecule is Cn1cc(-c2cn(Cc3ccc4nc(N[C@@H]5CCCC[C@H]5O)sc4c3)cn2)cn1. The summed E-state index contributed by atoms with van der Waals surface area (Å²) in [6, 6.07) is 6.49. The number of aryl methyl sites for hydroxylation is 1. The molecule has 0 radical (unpaired) electrons. The topological polar surface area (TPSA) is 80.8 Å². The third kappa shape index (κ3) is 3.90. The number of hydrogen-bond donors (Lipinski definition) is 2. The van der Waals surface area contributed by atoms with Gasteiger partial charge in [-0.15, -0.1) is 0 Å². The Kier molecular flexibility index (Phi) is 4.81. The molecule has 0 bridgehead atoms. The Morgan fingerprint density at radius 3 is 2.97 bits per heavy atom. The molecule has 150 valence electrons. The first kappa shape index (κ1) is 18.3. The van der Waals surface area contributed by atoms with E-state index in [2.05, 4.69) is 38.2 Å². The maximum atomic E-state index is 10.2. The first-order valence-corrected chi connectivity index (χ1v) is 10.8. The summed E-state index contributed by atoms with van der Waals surface area (Å²) in [5.41, 5.74) is 4.15. The molecule has 0 amide bonds. The highest BCUT2D eigenvalue weighted by atomic mass is 32.1. The Balaban J connectivity index is 1.32. The van der Waals surface area contributed by atoms with E-state index < -0.39 is 0 Å². The molecular formula is C21H24N6OS. The molecule has 1 aromatic carbocycles. The molecule has 1 aliphatic carbocycles. The van der Waals surface area contributed by atoms with Crippen LogP contribution in [0, 0.1) is 0 Å². The molecule has 0 unspecified atom stereocenters. The minimum atomic E-state index is -0.276. The number of anilines is 1. The van der Waals surface area contributed by atoms with Crippen molar-refractivity contribution in [3.05, 3.63) is 48.7 Å². The van der Waals surface area contributed by atoms with Gasteiger partial charge in [0.05, 0.1) is 40.6 Å². The van der Waals surface area contributed by atoms with Crippen molar-refractivity contribution in [2.75, 3.05) is 5.32 Å². The van der Waals surface area contributed by atoms with Crippen LogP contribution in [0.5, 0.6) is 0 Å². The highest BCUT2D eigenvalue weighted by molar-refractivity contribution is 7.22. The van der Waals surface area contributed by atoms with Crippen LogP contribution in [-0.4, -0.2) is 41.6 Å². The molecule has 1 saturated carbocycles. The molecule has 3 aromatic heterocycles. The molecule has 2 N–H and O–H groups in total. The average molecular weight is 409 g/mol. The van der Waals surface area contributed by atoms with E-state index in [0.717, 1.165) is 58.8 Å². The van der Waals surface area contributed by atoms with Gasteiger partial charge in [0.25, 0.3) is 0 Å². The zero-order chi connectivity index (χ0) is 19.8. The van der Waals surface area contributed by atoms with Crippen molar-refractivity contribution in [1.82, 2.24) is 24.3 Å². The van der Waals surface area contributed by atoms with E-state index in [1.54, 1.807) is 16.0 Å². The molecular weight excluding hydrogens is 384 g/mol. The van der Waals surface area contributed by atoms with Gasteiger partial charge < -0.3 is 15.0 Å². The second kappa shape index (κ2) is 7.61. The molecule has 5 rings (SSSR count). The molecule has 3 heterocycles. The lowest BCUT2D eigenvalue weighted by Crippen LogP contribution is -2.36. The van der Waals surface area contributed by atoms with E-state index in [9.17, 15) is 5.11 Å². The van der Waals surface area contributed by atoms with Crippen molar-refractivity contribution in [2.24, 2.45) is 7.05 Å². The minimum Gasteiger partial charge on any atom is -0.391 e. The van der Waals surface area contributed by atoms with E-state index in [1.807, 2.05) is 32.0 Å². The fourth-order valence-electron chi connectivity index (χ4n) is 3.93. The van der Waals surface area contributed by atoms with Crippen LogP contribution in [0.1, 0.15) is 31.2 Å². The van der Waals surface area contributed by atoms with Gasteiger partial charge in [-0.1, -0.05) is 30.2 Å². The largest absolute Gasteiger partial charge is 0.391 e. The Hall–Kier alpha value is -2.71. The predicted molar refractivity (Wildman–Crippen MR) is 115 cm³/mol. The van der Waals surface area contributed by atoms with Gasteiger partial charge in [0.1, 0.15) is 0 Å². The summed E-state index contributed by atoms with van der Waals surface area (Å²) in [6.07, 6.45) is 11.6. The lowest BCUT2D eigenvalue weighted by Gasteiger charge is -2.27. The Morgan fingerprint density at radius 2 is 2.14 bits per heavy atom. The lowest BCUT2D eigenvalue weighted by atomic mass is 9.93. The summed E-state index contributed by atoms with van der Waals surface area (Å²) in [5, 5.41) is 18.7. The smallest absolute Gasteiger partial charge is 0.184 e. The van der Waals surface area contributed by atoms with Gasteiger partial charge in [0, 0.05) is 31.5 Å². The molecule has 2 atom stereocenters. The normalized spacial score (nSPS) is 19.7. The standard InChI is InChI=1S/C21H24N6OS/c1-26-11-15(9-23-26)18-12-27(13-22-18)10-14-6-7-17-20(8-14)29-21(25-17)24-16-4-2-3-5-19(16)28/h6-9,11-13,16,19,28H,2-5,10H2,1H3,(H,24,25)/t16-,19-/m1/s1. The zero-order valence-corrected chi connectivity index (χ0v) is 17.1. The summed E-state index contributed by atoms with van der Waals surface area (Å²) < 4.78 is 5.02. The summed E-state index contributed by atoms with van der Waals surface area (Å²) in [7, 11) is 1.91. The summed E-state index contributed by atoms with van der Waals surface area (Å²) in [6.45, 7) is 0.755. The number of aliphatic hydroxyl groups excluding tert-OH is 1. The maximum Gasteiger partial charge on any atom is 0.184 e. The Labute approximate surface area is 173 Å². The highest BCUT2D eigenvalue weighted by Crippen LogP contribution is 2.30. The molecule has 4 aromatic rings. The van der Waals surface area contributed by atoms with Crippen LogP contribution in [0.15, 0.2) is 43.1 Å². The fraction of sp³-hybridized carbons (Fsp3) is 0.381. The number of hydrogen-bond acceptors (Lipinski definition) is 6. The first-order chi connectivity index (χ1) is 14.1. The quantitative estimate of drug-likeness (QED) is 0.527. The van der Waals surface area contributed by atoms with Crippen molar-refractivity contribution in [2.45, 2.75) is 44.4 Å². The number of rotatable bonds is 5. The van der Waals surface area contributed by atoms with E-state index in [0.29, 0.717) is 0 Å². The number of thiazole rings is 1. The van der Waals surface area contributed by atoms with E-state index >= 15 is 0 Å². The number of imidazole rings is 1. The third-order valence-electron chi connectivity index (χ3n) is 5.49. The van der Waals surface area contributed by atoms with Crippen LogP contribution >= 0.6 is 11.3 Å². The molecule has 8 heteroatoms. The number of aliphatic hydroxyl groups is 1. The Morgan fingerprint density at radius 1 is 1.24 bits per heavy atom. The van der Waals surface area contributed by atoms with Crippen molar-refractivity contribution in [1.29, 1.82) is 0 Å². The zero-order valence-electron chi connectivity index (χ0n) is 16.3. The molecule has 1 aliphatic rings. The van der Waals surface area contributed by atoms with Crippen LogP contribution in [0.4, 0.5) is 5.13 Å². The van der Waals surface area contributed by atoms with Gasteiger partial charge in [-0.3, -0.25) is 4.68 Å². The predicted octanol–water partition coefficient (Wildman–Crippen LogP) is 3.66. The van der Waals surface area contributed by atoms with Gasteiger partial charge >= 0.3 is 0 Å². The monoisotopic (exact) mass is 408 g/mol. The molecule has 29 heavy (non-hydrogen) atoms. The van der Waals surface area contributed by atoms with Gasteiger partial charge in [0.2, 0.25) is 0 Å². The minimum absolute atomic E-state index is 0.112. The summed E-state index contributed by atoms with van der Waals surface area (Å²) in [5.74, 6) is 0. The second-order valence-electron chi connectivity index (χ2n) is 7.76. The van der Waals surface area contributed by atoms with Gasteiger partial charge in [-0.05, 0) is 30.5 Å². The lowest BCUT2D eigenvalue weighted by molar-refractivity contribution is 0.116. The highest BCUT2D eigenvalue weighted by Gasteiger charge is 2.23. The van der Waals surface area contributed by atoms with E-state index in [-0.39, 0.29) is 12.1 Å². The number of nitrogens with zero attached hydrogens (tertiary/aromatic N) is 5. The van der Waals surface area contributed by atoms with Crippen molar-refractivity contribution < 1.29 is 5.11 Å². The Bertz CT molecular complexity index is 1130. The second-order valence-corrected chi connectivity index (χ2v) is 8.79. The first-order valence-electron chi connectivity index (χ1n) is 9.99. The van der Waals surface area contributed by atoms with Gasteiger partial charge in [0.15, 0.2) is 5.13 Å². The van der Waals surface area contributed by atoms with Crippen LogP contribution in [0.25, 0.3) is 21.5 Å². The fourth-order valence-corrected chi connectivity index (χ4v) is 4.92. The summed E-state index contributed by atoms with van der Waals surface area (Å²) >= 11 is 1.65. The van der Waals surface area contributed by atoms with E-state index in [4.69, 9.17) is 4.98 Å². The third-order valence-corrected chi connectivity index (χ3v) is 6.44. The molecule has 1 fully saturated rings. The molecule has 0 spiro atoms. The van der Waals surface area contributed by atoms with Crippen molar-refractivity contribution >= 4 is 26.7 Å². The van der Waals surface area contributed by atoms with Crippen LogP contribution in [0.3, 0.4) is 0 Å². The summed E-state index contributed by atoms with van der Waals surface area (Å²) in [4.78, 5) is 9.20. The molecule has 7 nitrogen and oxygen atoms in total. The average Bonchev–Trinajstić information content (AvgIpc) is 3.43. The van der Waals surface area contributed by atoms with E-state index in [1.165, 1.54) is 5.56 Å². The van der Waals surface area contributed by atoms with Crippen molar-refractivity contribution in [3.8, 4) is 11.3 Å². The molecule has 0 aliphatic heterocycles. The number of fused-ring (bicyclic) bond motifs is 1. The van der Waals surface area contributed by atoms with Crippen LogP contribution < -0.4 is 5.32 Å². The molecule has 0 saturated heterocycles. The van der Waals surface area contributed by atoms with Crippen molar-refractivity contribution in [3.63, 3.8) is 0 Å². The van der Waals surface area contributed by atoms with Crippen LogP contribution in [0.2, 0.25) is 0 Å². The number of aromatic nitrogens is 5. The number of nitrogens with one attached hydrogen (secondary N) is 1. The van der Waals surface area contributed by atoms with Gasteiger partial charge in [-0.2, -0.15) is 5.10 Å².